The van der Waals surface area contributed by atoms with Crippen LogP contribution in [0.25, 0.3) is 41.7 Å². The smallest absolute Gasteiger partial charge is 0.0440 e. The highest BCUT2D eigenvalue weighted by molar-refractivity contribution is 7.27. The summed E-state index contributed by atoms with van der Waals surface area (Å²) >= 11 is 1.93. The monoisotopic (exact) mass is 340 g/mol. The van der Waals surface area contributed by atoms with Crippen molar-refractivity contribution in [3.8, 4) is 0 Å². The Hall–Kier alpha value is -2.38. The van der Waals surface area contributed by atoms with Crippen molar-refractivity contribution in [1.29, 1.82) is 0 Å². The zero-order chi connectivity index (χ0) is 17.2. The maximum Gasteiger partial charge on any atom is 0.0440 e. The lowest BCUT2D eigenvalue weighted by Gasteiger charge is -2.19. The van der Waals surface area contributed by atoms with Gasteiger partial charge in [0.1, 0.15) is 0 Å². The van der Waals surface area contributed by atoms with Gasteiger partial charge in [0, 0.05) is 25.6 Å². The van der Waals surface area contributed by atoms with Crippen molar-refractivity contribution in [3.63, 3.8) is 0 Å². The van der Waals surface area contributed by atoms with Crippen molar-refractivity contribution in [1.82, 2.24) is 0 Å². The molecular formula is C24H20S. The van der Waals surface area contributed by atoms with Crippen molar-refractivity contribution >= 4 is 53.1 Å². The van der Waals surface area contributed by atoms with E-state index in [1.807, 2.05) is 11.3 Å². The van der Waals surface area contributed by atoms with Crippen LogP contribution in [-0.2, 0) is 5.41 Å². The molecule has 0 atom stereocenters. The number of rotatable bonds is 0. The van der Waals surface area contributed by atoms with E-state index in [9.17, 15) is 0 Å². The summed E-state index contributed by atoms with van der Waals surface area (Å²) in [5, 5.41) is 8.26. The Bertz CT molecular complexity index is 1270. The van der Waals surface area contributed by atoms with Crippen LogP contribution in [0.1, 0.15) is 26.3 Å². The van der Waals surface area contributed by atoms with Gasteiger partial charge in [-0.3, -0.25) is 0 Å². The van der Waals surface area contributed by atoms with Crippen LogP contribution in [0.4, 0.5) is 0 Å². The van der Waals surface area contributed by atoms with Crippen LogP contribution >= 0.6 is 11.3 Å². The molecule has 122 valence electrons. The fourth-order valence-corrected chi connectivity index (χ4v) is 5.11. The second-order valence-electron chi connectivity index (χ2n) is 7.86. The lowest BCUT2D eigenvalue weighted by atomic mass is 9.86. The van der Waals surface area contributed by atoms with E-state index in [-0.39, 0.29) is 5.41 Å². The van der Waals surface area contributed by atoms with Crippen molar-refractivity contribution < 1.29 is 0 Å². The quantitative estimate of drug-likeness (QED) is 0.254. The summed E-state index contributed by atoms with van der Waals surface area (Å²) in [6.07, 6.45) is 0. The van der Waals surface area contributed by atoms with E-state index in [1.165, 1.54) is 47.3 Å². The van der Waals surface area contributed by atoms with E-state index in [2.05, 4.69) is 87.5 Å². The summed E-state index contributed by atoms with van der Waals surface area (Å²) in [7, 11) is 0. The molecule has 0 nitrogen and oxygen atoms in total. The second-order valence-corrected chi connectivity index (χ2v) is 8.91. The lowest BCUT2D eigenvalue weighted by molar-refractivity contribution is 0.591. The molecule has 0 radical (unpaired) electrons. The van der Waals surface area contributed by atoms with E-state index < -0.39 is 0 Å². The minimum Gasteiger partial charge on any atom is -0.135 e. The van der Waals surface area contributed by atoms with Crippen LogP contribution in [0.3, 0.4) is 0 Å². The Kier molecular flexibility index (Phi) is 3.02. The molecule has 1 heterocycles. The summed E-state index contributed by atoms with van der Waals surface area (Å²) in [4.78, 5) is 0. The molecule has 4 aromatic carbocycles. The van der Waals surface area contributed by atoms with Gasteiger partial charge >= 0.3 is 0 Å². The van der Waals surface area contributed by atoms with Gasteiger partial charge in [-0.05, 0) is 39.3 Å². The maximum absolute atomic E-state index is 2.41. The highest BCUT2D eigenvalue weighted by atomic mass is 32.1. The van der Waals surface area contributed by atoms with Crippen molar-refractivity contribution in [3.05, 3.63) is 72.3 Å². The molecule has 0 aliphatic heterocycles. The first kappa shape index (κ1) is 14.9. The van der Waals surface area contributed by atoms with E-state index in [4.69, 9.17) is 0 Å². The summed E-state index contributed by atoms with van der Waals surface area (Å²) < 4.78 is 2.79. The minimum atomic E-state index is 0.162. The Labute approximate surface area is 151 Å². The topological polar surface area (TPSA) is 0 Å². The van der Waals surface area contributed by atoms with Gasteiger partial charge in [-0.1, -0.05) is 75.4 Å². The van der Waals surface area contributed by atoms with Gasteiger partial charge in [0.05, 0.1) is 0 Å². The molecular weight excluding hydrogens is 320 g/mol. The molecule has 0 aliphatic rings. The fourth-order valence-electron chi connectivity index (χ4n) is 3.87. The van der Waals surface area contributed by atoms with Crippen molar-refractivity contribution in [2.45, 2.75) is 26.2 Å². The Balaban J connectivity index is 2.08. The molecule has 0 fully saturated rings. The molecule has 25 heavy (non-hydrogen) atoms. The highest BCUT2D eigenvalue weighted by Gasteiger charge is 2.18. The predicted octanol–water partition coefficient (Wildman–Crippen LogP) is 7.66. The third kappa shape index (κ3) is 2.12. The van der Waals surface area contributed by atoms with Gasteiger partial charge in [0.15, 0.2) is 0 Å². The largest absolute Gasteiger partial charge is 0.135 e. The number of thiophene rings is 1. The molecule has 5 aromatic rings. The van der Waals surface area contributed by atoms with Gasteiger partial charge in [-0.2, -0.15) is 0 Å². The van der Waals surface area contributed by atoms with E-state index in [0.29, 0.717) is 0 Å². The third-order valence-corrected chi connectivity index (χ3v) is 6.42. The van der Waals surface area contributed by atoms with E-state index in [0.717, 1.165) is 0 Å². The summed E-state index contributed by atoms with van der Waals surface area (Å²) in [5.41, 5.74) is 1.56. The van der Waals surface area contributed by atoms with Crippen LogP contribution in [0.5, 0.6) is 0 Å². The van der Waals surface area contributed by atoms with Gasteiger partial charge in [0.25, 0.3) is 0 Å². The molecule has 0 unspecified atom stereocenters. The van der Waals surface area contributed by atoms with Crippen LogP contribution in [0.15, 0.2) is 66.7 Å². The molecule has 1 aromatic heterocycles. The van der Waals surface area contributed by atoms with E-state index in [1.54, 1.807) is 0 Å². The zero-order valence-electron chi connectivity index (χ0n) is 14.8. The third-order valence-electron chi connectivity index (χ3n) is 5.21. The molecule has 0 saturated carbocycles. The van der Waals surface area contributed by atoms with Gasteiger partial charge in [-0.25, -0.2) is 0 Å². The Morgan fingerprint density at radius 3 is 1.92 bits per heavy atom. The predicted molar refractivity (Wildman–Crippen MR) is 113 cm³/mol. The van der Waals surface area contributed by atoms with Crippen LogP contribution in [0, 0.1) is 0 Å². The number of hydrogen-bond acceptors (Lipinski definition) is 1. The normalized spacial score (nSPS) is 12.6. The summed E-state index contributed by atoms with van der Waals surface area (Å²) in [6, 6.07) is 24.7. The molecule has 0 N–H and O–H groups in total. The van der Waals surface area contributed by atoms with Crippen molar-refractivity contribution in [2.24, 2.45) is 0 Å². The molecule has 1 heteroatoms. The maximum atomic E-state index is 2.41. The zero-order valence-corrected chi connectivity index (χ0v) is 15.6. The molecule has 0 aliphatic carbocycles. The number of fused-ring (bicyclic) bond motifs is 8. The van der Waals surface area contributed by atoms with Crippen LogP contribution in [0.2, 0.25) is 0 Å². The summed E-state index contributed by atoms with van der Waals surface area (Å²) in [6.45, 7) is 6.86. The van der Waals surface area contributed by atoms with Gasteiger partial charge in [0.2, 0.25) is 0 Å². The average Bonchev–Trinajstić information content (AvgIpc) is 3.00. The minimum absolute atomic E-state index is 0.162. The highest BCUT2D eigenvalue weighted by Crippen LogP contribution is 2.44. The van der Waals surface area contributed by atoms with Crippen LogP contribution in [-0.4, -0.2) is 0 Å². The van der Waals surface area contributed by atoms with Gasteiger partial charge in [-0.15, -0.1) is 11.3 Å². The second kappa shape index (κ2) is 5.06. The van der Waals surface area contributed by atoms with E-state index >= 15 is 0 Å². The summed E-state index contributed by atoms with van der Waals surface area (Å²) in [5.74, 6) is 0. The molecule has 5 rings (SSSR count). The van der Waals surface area contributed by atoms with Crippen molar-refractivity contribution in [2.75, 3.05) is 0 Å². The molecule has 0 spiro atoms. The number of benzene rings is 4. The molecule has 0 amide bonds. The Morgan fingerprint density at radius 1 is 0.640 bits per heavy atom. The first-order chi connectivity index (χ1) is 12.0. The fraction of sp³-hybridized carbons (Fsp3) is 0.167. The Morgan fingerprint density at radius 2 is 1.24 bits per heavy atom. The standard InChI is InChI=1S/C24H20S/c1-24(2,3)15-12-13-21-20(14-15)22-18-10-6-4-8-16(18)17-9-5-7-11-19(17)23(22)25-21/h4-14H,1-3H3. The SMILES string of the molecule is CC(C)(C)c1ccc2sc3c4ccccc4c4ccccc4c3c2c1. The molecule has 0 bridgehead atoms. The molecule has 0 saturated heterocycles. The van der Waals surface area contributed by atoms with Crippen LogP contribution < -0.4 is 0 Å². The lowest BCUT2D eigenvalue weighted by Crippen LogP contribution is -2.10. The number of hydrogen-bond donors (Lipinski definition) is 0. The average molecular weight is 340 g/mol. The van der Waals surface area contributed by atoms with Gasteiger partial charge < -0.3 is 0 Å². The first-order valence-corrected chi connectivity index (χ1v) is 9.62. The first-order valence-electron chi connectivity index (χ1n) is 8.80.